The molecule has 0 bridgehead atoms. The van der Waals surface area contributed by atoms with Gasteiger partial charge in [0.05, 0.1) is 29.1 Å². The fraction of sp³-hybridized carbons (Fsp3) is 0.158. The summed E-state index contributed by atoms with van der Waals surface area (Å²) in [5, 5.41) is 11.7. The molecule has 1 N–H and O–H groups in total. The standard InChI is InChI=1S/C19H17N5O2S/c1-2-26-16-10-6-4-8-14(16)21-17(25)11-27-19-18-23-20-12-24(18)15-9-5-3-7-13(15)22-19/h3-10,12H,2,11H2,1H3,(H,21,25). The van der Waals surface area contributed by atoms with Crippen LogP contribution in [0, 0.1) is 0 Å². The van der Waals surface area contributed by atoms with Crippen molar-refractivity contribution < 1.29 is 9.53 Å². The van der Waals surface area contributed by atoms with Crippen molar-refractivity contribution in [2.45, 2.75) is 11.9 Å². The lowest BCUT2D eigenvalue weighted by molar-refractivity contribution is -0.113. The molecule has 27 heavy (non-hydrogen) atoms. The van der Waals surface area contributed by atoms with Crippen LogP contribution in [0.15, 0.2) is 59.9 Å². The monoisotopic (exact) mass is 379 g/mol. The summed E-state index contributed by atoms with van der Waals surface area (Å²) < 4.78 is 7.42. The lowest BCUT2D eigenvalue weighted by Gasteiger charge is -2.11. The van der Waals surface area contributed by atoms with Crippen LogP contribution in [0.1, 0.15) is 6.92 Å². The first kappa shape index (κ1) is 17.3. The van der Waals surface area contributed by atoms with E-state index in [4.69, 9.17) is 4.74 Å². The van der Waals surface area contributed by atoms with E-state index in [-0.39, 0.29) is 11.7 Å². The van der Waals surface area contributed by atoms with Crippen molar-refractivity contribution in [1.29, 1.82) is 0 Å². The summed E-state index contributed by atoms with van der Waals surface area (Å²) in [5.74, 6) is 0.718. The Morgan fingerprint density at radius 3 is 2.89 bits per heavy atom. The van der Waals surface area contributed by atoms with E-state index in [9.17, 15) is 4.79 Å². The van der Waals surface area contributed by atoms with Crippen molar-refractivity contribution >= 4 is 40.0 Å². The third-order valence-electron chi connectivity index (χ3n) is 3.90. The van der Waals surface area contributed by atoms with Crippen LogP contribution in [0.2, 0.25) is 0 Å². The van der Waals surface area contributed by atoms with E-state index in [1.807, 2.05) is 59.9 Å². The predicted molar refractivity (Wildman–Crippen MR) is 105 cm³/mol. The highest BCUT2D eigenvalue weighted by Crippen LogP contribution is 2.26. The highest BCUT2D eigenvalue weighted by atomic mass is 32.2. The Balaban J connectivity index is 1.53. The number of rotatable bonds is 6. The molecular formula is C19H17N5O2S. The number of nitrogens with one attached hydrogen (secondary N) is 1. The molecule has 4 rings (SSSR count). The van der Waals surface area contributed by atoms with Crippen molar-refractivity contribution in [3.8, 4) is 5.75 Å². The molecule has 0 aliphatic heterocycles. The SMILES string of the molecule is CCOc1ccccc1NC(=O)CSc1nc2ccccc2n2cnnc12. The van der Waals surface area contributed by atoms with Crippen LogP contribution in [-0.4, -0.2) is 37.8 Å². The number of fused-ring (bicyclic) bond motifs is 3. The average Bonchev–Trinajstić information content (AvgIpc) is 3.18. The number of hydrogen-bond donors (Lipinski definition) is 1. The minimum Gasteiger partial charge on any atom is -0.492 e. The van der Waals surface area contributed by atoms with Crippen LogP contribution in [0.4, 0.5) is 5.69 Å². The number of carbonyl (C=O) groups is 1. The number of hydrogen-bond acceptors (Lipinski definition) is 6. The molecule has 2 heterocycles. The summed E-state index contributed by atoms with van der Waals surface area (Å²) in [6.07, 6.45) is 1.65. The number of carbonyl (C=O) groups excluding carboxylic acids is 1. The van der Waals surface area contributed by atoms with E-state index in [1.165, 1.54) is 11.8 Å². The van der Waals surface area contributed by atoms with E-state index in [0.29, 0.717) is 28.7 Å². The number of nitrogens with zero attached hydrogens (tertiary/aromatic N) is 4. The van der Waals surface area contributed by atoms with Crippen LogP contribution < -0.4 is 10.1 Å². The van der Waals surface area contributed by atoms with Gasteiger partial charge in [0.1, 0.15) is 17.1 Å². The van der Waals surface area contributed by atoms with Crippen molar-refractivity contribution in [1.82, 2.24) is 19.6 Å². The fourth-order valence-electron chi connectivity index (χ4n) is 2.75. The second-order valence-electron chi connectivity index (χ2n) is 5.70. The molecule has 0 aliphatic rings. The molecule has 0 saturated carbocycles. The zero-order valence-electron chi connectivity index (χ0n) is 14.6. The minimum absolute atomic E-state index is 0.139. The zero-order chi connectivity index (χ0) is 18.6. The molecule has 4 aromatic rings. The fourth-order valence-corrected chi connectivity index (χ4v) is 3.52. The van der Waals surface area contributed by atoms with Crippen LogP contribution in [0.3, 0.4) is 0 Å². The second kappa shape index (κ2) is 7.63. The third-order valence-corrected chi connectivity index (χ3v) is 4.86. The summed E-state index contributed by atoms with van der Waals surface area (Å²) in [5.41, 5.74) is 3.05. The molecule has 0 radical (unpaired) electrons. The normalized spacial score (nSPS) is 11.0. The van der Waals surface area contributed by atoms with E-state index >= 15 is 0 Å². The van der Waals surface area contributed by atoms with Crippen LogP contribution >= 0.6 is 11.8 Å². The average molecular weight is 379 g/mol. The van der Waals surface area contributed by atoms with Crippen LogP contribution in [0.25, 0.3) is 16.7 Å². The van der Waals surface area contributed by atoms with E-state index in [1.54, 1.807) is 6.33 Å². The molecule has 0 fully saturated rings. The largest absolute Gasteiger partial charge is 0.492 e. The summed E-state index contributed by atoms with van der Waals surface area (Å²) in [7, 11) is 0. The Bertz CT molecular complexity index is 1110. The Kier molecular flexibility index (Phi) is 4.88. The lowest BCUT2D eigenvalue weighted by atomic mass is 10.3. The van der Waals surface area contributed by atoms with Gasteiger partial charge in [-0.15, -0.1) is 10.2 Å². The molecule has 0 unspecified atom stereocenters. The Hall–Kier alpha value is -3.13. The second-order valence-corrected chi connectivity index (χ2v) is 6.66. The van der Waals surface area contributed by atoms with Crippen molar-refractivity contribution in [3.63, 3.8) is 0 Å². The lowest BCUT2D eigenvalue weighted by Crippen LogP contribution is -2.15. The molecule has 136 valence electrons. The van der Waals surface area contributed by atoms with Gasteiger partial charge in [0, 0.05) is 0 Å². The number of anilines is 1. The van der Waals surface area contributed by atoms with E-state index in [0.717, 1.165) is 11.0 Å². The molecule has 0 spiro atoms. The number of ether oxygens (including phenoxy) is 1. The van der Waals surface area contributed by atoms with Gasteiger partial charge in [-0.25, -0.2) is 4.98 Å². The highest BCUT2D eigenvalue weighted by molar-refractivity contribution is 8.00. The third kappa shape index (κ3) is 3.56. The van der Waals surface area contributed by atoms with Crippen LogP contribution in [0.5, 0.6) is 5.75 Å². The van der Waals surface area contributed by atoms with Gasteiger partial charge in [0.25, 0.3) is 0 Å². The first-order valence-corrected chi connectivity index (χ1v) is 9.48. The minimum atomic E-state index is -0.139. The van der Waals surface area contributed by atoms with Gasteiger partial charge < -0.3 is 10.1 Å². The topological polar surface area (TPSA) is 81.4 Å². The molecule has 2 aromatic heterocycles. The number of amides is 1. The van der Waals surface area contributed by atoms with Gasteiger partial charge >= 0.3 is 0 Å². The summed E-state index contributed by atoms with van der Waals surface area (Å²) in [4.78, 5) is 17.1. The zero-order valence-corrected chi connectivity index (χ0v) is 15.4. The number of benzene rings is 2. The molecule has 8 heteroatoms. The van der Waals surface area contributed by atoms with Crippen molar-refractivity contribution in [2.24, 2.45) is 0 Å². The summed E-state index contributed by atoms with van der Waals surface area (Å²) >= 11 is 1.33. The Labute approximate surface area is 159 Å². The maximum Gasteiger partial charge on any atom is 0.234 e. The van der Waals surface area contributed by atoms with Crippen molar-refractivity contribution in [3.05, 3.63) is 54.9 Å². The Morgan fingerprint density at radius 2 is 2.00 bits per heavy atom. The van der Waals surface area contributed by atoms with Gasteiger partial charge in [0.2, 0.25) is 5.91 Å². The quantitative estimate of drug-likeness (QED) is 0.517. The molecule has 0 atom stereocenters. The van der Waals surface area contributed by atoms with Gasteiger partial charge in [-0.3, -0.25) is 9.20 Å². The maximum atomic E-state index is 12.4. The maximum absolute atomic E-state index is 12.4. The molecule has 0 aliphatic carbocycles. The highest BCUT2D eigenvalue weighted by Gasteiger charge is 2.13. The van der Waals surface area contributed by atoms with Gasteiger partial charge in [-0.05, 0) is 31.2 Å². The van der Waals surface area contributed by atoms with E-state index < -0.39 is 0 Å². The van der Waals surface area contributed by atoms with Gasteiger partial charge in [0.15, 0.2) is 5.65 Å². The summed E-state index contributed by atoms with van der Waals surface area (Å²) in [6, 6.07) is 15.1. The smallest absolute Gasteiger partial charge is 0.234 e. The number of para-hydroxylation sites is 4. The van der Waals surface area contributed by atoms with Gasteiger partial charge in [-0.2, -0.15) is 0 Å². The van der Waals surface area contributed by atoms with Gasteiger partial charge in [-0.1, -0.05) is 36.0 Å². The number of aromatic nitrogens is 4. The molecule has 0 saturated heterocycles. The first-order valence-electron chi connectivity index (χ1n) is 8.49. The van der Waals surface area contributed by atoms with Crippen LogP contribution in [-0.2, 0) is 4.79 Å². The molecule has 2 aromatic carbocycles. The molecule has 7 nitrogen and oxygen atoms in total. The predicted octanol–water partition coefficient (Wildman–Crippen LogP) is 3.41. The molecule has 1 amide bonds. The summed E-state index contributed by atoms with van der Waals surface area (Å²) in [6.45, 7) is 2.44. The number of thioether (sulfide) groups is 1. The first-order chi connectivity index (χ1) is 13.3. The van der Waals surface area contributed by atoms with Crippen molar-refractivity contribution in [2.75, 3.05) is 17.7 Å². The Morgan fingerprint density at radius 1 is 1.19 bits per heavy atom. The van der Waals surface area contributed by atoms with E-state index in [2.05, 4.69) is 20.5 Å². The molecular weight excluding hydrogens is 362 g/mol.